The maximum Gasteiger partial charge on any atom is 0.223 e. The van der Waals surface area contributed by atoms with Crippen LogP contribution in [0.25, 0.3) is 0 Å². The summed E-state index contributed by atoms with van der Waals surface area (Å²) in [6.45, 7) is 0.0906. The maximum atomic E-state index is 12.4. The van der Waals surface area contributed by atoms with Gasteiger partial charge in [-0.05, 0) is 11.1 Å². The van der Waals surface area contributed by atoms with Crippen LogP contribution in [-0.2, 0) is 9.59 Å². The molecule has 1 aliphatic rings. The van der Waals surface area contributed by atoms with Crippen molar-refractivity contribution in [3.8, 4) is 0 Å². The van der Waals surface area contributed by atoms with E-state index < -0.39 is 0 Å². The molecule has 3 rings (SSSR count). The van der Waals surface area contributed by atoms with Crippen molar-refractivity contribution in [2.45, 2.75) is 31.8 Å². The second-order valence-corrected chi connectivity index (χ2v) is 5.86. The molecule has 24 heavy (non-hydrogen) atoms. The second-order valence-electron chi connectivity index (χ2n) is 5.86. The van der Waals surface area contributed by atoms with Crippen LogP contribution >= 0.6 is 0 Å². The maximum absolute atomic E-state index is 12.4. The molecule has 2 aromatic rings. The molecule has 3 unspecified atom stereocenters. The van der Waals surface area contributed by atoms with E-state index in [1.165, 1.54) is 0 Å². The lowest BCUT2D eigenvalue weighted by molar-refractivity contribution is -0.131. The van der Waals surface area contributed by atoms with E-state index in [1.807, 2.05) is 60.7 Å². The molecule has 0 aliphatic carbocycles. The molecular weight excluding hydrogens is 300 g/mol. The largest absolute Gasteiger partial charge is 0.330 e. The van der Waals surface area contributed by atoms with Gasteiger partial charge in [0.25, 0.3) is 0 Å². The van der Waals surface area contributed by atoms with Crippen molar-refractivity contribution >= 4 is 12.2 Å². The Morgan fingerprint density at radius 3 is 2.25 bits per heavy atom. The average Bonchev–Trinajstić information content (AvgIpc) is 2.93. The summed E-state index contributed by atoms with van der Waals surface area (Å²) in [4.78, 5) is 25.1. The van der Waals surface area contributed by atoms with Crippen LogP contribution in [0.15, 0.2) is 60.7 Å². The van der Waals surface area contributed by atoms with Crippen LogP contribution in [0.1, 0.15) is 36.9 Å². The number of rotatable bonds is 5. The van der Waals surface area contributed by atoms with Crippen molar-refractivity contribution in [2.75, 3.05) is 6.54 Å². The molecule has 0 saturated carbocycles. The SMILES string of the molecule is C.NC(c1ccccc1)C1C(c2ccccc2)CC(=O)N1CC=O. The molecular formula is C20H24N2O2. The third kappa shape index (κ3) is 3.39. The molecule has 2 aromatic carbocycles. The highest BCUT2D eigenvalue weighted by Gasteiger charge is 2.43. The number of nitrogens with two attached hydrogens (primary N) is 1. The van der Waals surface area contributed by atoms with Crippen molar-refractivity contribution in [1.29, 1.82) is 0 Å². The number of likely N-dealkylation sites (tertiary alicyclic amines) is 1. The number of carbonyl (C=O) groups excluding carboxylic acids is 2. The fourth-order valence-corrected chi connectivity index (χ4v) is 3.45. The normalized spacial score (nSPS) is 21.2. The molecule has 2 N–H and O–H groups in total. The van der Waals surface area contributed by atoms with E-state index in [-0.39, 0.29) is 37.9 Å². The molecule has 0 bridgehead atoms. The van der Waals surface area contributed by atoms with Crippen molar-refractivity contribution in [1.82, 2.24) is 4.90 Å². The van der Waals surface area contributed by atoms with Gasteiger partial charge < -0.3 is 15.4 Å². The van der Waals surface area contributed by atoms with Gasteiger partial charge in [-0.1, -0.05) is 68.1 Å². The number of amides is 1. The van der Waals surface area contributed by atoms with Crippen molar-refractivity contribution < 1.29 is 9.59 Å². The predicted octanol–water partition coefficient (Wildman–Crippen LogP) is 2.91. The predicted molar refractivity (Wildman–Crippen MR) is 95.5 cm³/mol. The molecule has 4 nitrogen and oxygen atoms in total. The van der Waals surface area contributed by atoms with Crippen LogP contribution < -0.4 is 5.73 Å². The van der Waals surface area contributed by atoms with Crippen LogP contribution in [0.5, 0.6) is 0 Å². The molecule has 1 aliphatic heterocycles. The van der Waals surface area contributed by atoms with Gasteiger partial charge >= 0.3 is 0 Å². The molecule has 4 heteroatoms. The number of hydrogen-bond acceptors (Lipinski definition) is 3. The monoisotopic (exact) mass is 324 g/mol. The van der Waals surface area contributed by atoms with Crippen LogP contribution in [0.3, 0.4) is 0 Å². The van der Waals surface area contributed by atoms with Gasteiger partial charge in [0.1, 0.15) is 6.29 Å². The Bertz CT molecular complexity index is 673. The lowest BCUT2D eigenvalue weighted by atomic mass is 9.85. The van der Waals surface area contributed by atoms with Crippen molar-refractivity contribution in [3.05, 3.63) is 71.8 Å². The van der Waals surface area contributed by atoms with Crippen molar-refractivity contribution in [3.63, 3.8) is 0 Å². The fourth-order valence-electron chi connectivity index (χ4n) is 3.45. The number of benzene rings is 2. The Morgan fingerprint density at radius 1 is 1.08 bits per heavy atom. The number of nitrogens with zero attached hydrogens (tertiary/aromatic N) is 1. The minimum atomic E-state index is -0.326. The molecule has 126 valence electrons. The van der Waals surface area contributed by atoms with Crippen LogP contribution in [0, 0.1) is 0 Å². The van der Waals surface area contributed by atoms with Gasteiger partial charge in [0.05, 0.1) is 18.6 Å². The van der Waals surface area contributed by atoms with Gasteiger partial charge in [0.15, 0.2) is 0 Å². The van der Waals surface area contributed by atoms with Crippen LogP contribution in [0.2, 0.25) is 0 Å². The third-order valence-corrected chi connectivity index (χ3v) is 4.54. The highest BCUT2D eigenvalue weighted by atomic mass is 16.2. The Labute approximate surface area is 143 Å². The Balaban J connectivity index is 0.00000208. The lowest BCUT2D eigenvalue weighted by Gasteiger charge is -2.32. The van der Waals surface area contributed by atoms with Gasteiger partial charge in [-0.3, -0.25) is 4.79 Å². The second kappa shape index (κ2) is 7.88. The molecule has 0 aromatic heterocycles. The summed E-state index contributed by atoms with van der Waals surface area (Å²) in [5.41, 5.74) is 8.57. The summed E-state index contributed by atoms with van der Waals surface area (Å²) in [5, 5.41) is 0. The first-order valence-electron chi connectivity index (χ1n) is 7.81. The average molecular weight is 324 g/mol. The van der Waals surface area contributed by atoms with Gasteiger partial charge in [0.2, 0.25) is 5.91 Å². The van der Waals surface area contributed by atoms with Gasteiger partial charge in [-0.25, -0.2) is 0 Å². The van der Waals surface area contributed by atoms with Crippen molar-refractivity contribution in [2.24, 2.45) is 5.73 Å². The third-order valence-electron chi connectivity index (χ3n) is 4.54. The topological polar surface area (TPSA) is 63.4 Å². The van der Waals surface area contributed by atoms with E-state index in [0.717, 1.165) is 17.4 Å². The Morgan fingerprint density at radius 2 is 1.67 bits per heavy atom. The van der Waals surface area contributed by atoms with E-state index >= 15 is 0 Å². The van der Waals surface area contributed by atoms with E-state index in [1.54, 1.807) is 4.90 Å². The minimum Gasteiger partial charge on any atom is -0.330 e. The number of aldehydes is 1. The van der Waals surface area contributed by atoms with Gasteiger partial charge in [-0.2, -0.15) is 0 Å². The van der Waals surface area contributed by atoms with Crippen LogP contribution in [-0.4, -0.2) is 29.7 Å². The quantitative estimate of drug-likeness (QED) is 0.860. The van der Waals surface area contributed by atoms with Gasteiger partial charge in [0, 0.05) is 12.3 Å². The summed E-state index contributed by atoms with van der Waals surface area (Å²) >= 11 is 0. The summed E-state index contributed by atoms with van der Waals surface area (Å²) < 4.78 is 0. The van der Waals surface area contributed by atoms with Crippen LogP contribution in [0.4, 0.5) is 0 Å². The summed E-state index contributed by atoms with van der Waals surface area (Å²) in [5.74, 6) is -0.0128. The lowest BCUT2D eigenvalue weighted by Crippen LogP contribution is -2.43. The molecule has 0 radical (unpaired) electrons. The zero-order chi connectivity index (χ0) is 16.2. The zero-order valence-electron chi connectivity index (χ0n) is 12.8. The molecule has 3 atom stereocenters. The first-order chi connectivity index (χ1) is 11.2. The Hall–Kier alpha value is -2.46. The molecule has 1 saturated heterocycles. The molecule has 0 spiro atoms. The highest BCUT2D eigenvalue weighted by molar-refractivity contribution is 5.83. The zero-order valence-corrected chi connectivity index (χ0v) is 12.8. The molecule has 1 fully saturated rings. The number of hydrogen-bond donors (Lipinski definition) is 1. The highest BCUT2D eigenvalue weighted by Crippen LogP contribution is 2.39. The molecule has 1 amide bonds. The van der Waals surface area contributed by atoms with E-state index in [2.05, 4.69) is 0 Å². The summed E-state index contributed by atoms with van der Waals surface area (Å²) in [6.07, 6.45) is 1.17. The Kier molecular flexibility index (Phi) is 5.88. The summed E-state index contributed by atoms with van der Waals surface area (Å²) in [6, 6.07) is 19.1. The standard InChI is InChI=1S/C19H20N2O2.CH4/c20-18(15-9-5-2-6-10-15)19-16(14-7-3-1-4-8-14)13-17(23)21(19)11-12-22;/h1-10,12,16,18-19H,11,13,20H2;1H4. The van der Waals surface area contributed by atoms with Gasteiger partial charge in [-0.15, -0.1) is 0 Å². The minimum absolute atomic E-state index is 0. The first kappa shape index (κ1) is 17.9. The van der Waals surface area contributed by atoms with E-state index in [0.29, 0.717) is 6.42 Å². The first-order valence-corrected chi connectivity index (χ1v) is 7.81. The summed E-state index contributed by atoms with van der Waals surface area (Å²) in [7, 11) is 0. The molecule has 1 heterocycles. The smallest absolute Gasteiger partial charge is 0.223 e. The number of carbonyl (C=O) groups is 2. The van der Waals surface area contributed by atoms with E-state index in [4.69, 9.17) is 5.73 Å². The van der Waals surface area contributed by atoms with E-state index in [9.17, 15) is 9.59 Å². The fraction of sp³-hybridized carbons (Fsp3) is 0.300.